The van der Waals surface area contributed by atoms with Crippen molar-refractivity contribution >= 4 is 40.6 Å². The fourth-order valence-electron chi connectivity index (χ4n) is 2.43. The molecule has 126 valence electrons. The maximum Gasteiger partial charge on any atom is 0.259 e. The van der Waals surface area contributed by atoms with Crippen molar-refractivity contribution in [1.82, 2.24) is 4.98 Å². The maximum atomic E-state index is 12.7. The standard InChI is InChI=1S/C19H15Cl2N3O/c1-11-3-2-4-16(21)17(11)24-19(25)15-9-13(10-23-18(15)22)12-5-7-14(20)8-6-12/h2-10H,1H3,(H2,22,23)(H,24,25). The van der Waals surface area contributed by atoms with Crippen LogP contribution in [0.4, 0.5) is 11.5 Å². The van der Waals surface area contributed by atoms with E-state index in [1.807, 2.05) is 31.2 Å². The van der Waals surface area contributed by atoms with Crippen LogP contribution in [-0.2, 0) is 0 Å². The highest BCUT2D eigenvalue weighted by Gasteiger charge is 2.15. The van der Waals surface area contributed by atoms with Crippen LogP contribution in [0.1, 0.15) is 15.9 Å². The molecule has 0 atom stereocenters. The highest BCUT2D eigenvalue weighted by molar-refractivity contribution is 6.34. The van der Waals surface area contributed by atoms with Gasteiger partial charge in [0.15, 0.2) is 0 Å². The van der Waals surface area contributed by atoms with Gasteiger partial charge in [0.25, 0.3) is 5.91 Å². The normalized spacial score (nSPS) is 10.5. The molecule has 0 spiro atoms. The number of halogens is 2. The van der Waals surface area contributed by atoms with Crippen LogP contribution in [0, 0.1) is 6.92 Å². The third-order valence-electron chi connectivity index (χ3n) is 3.80. The van der Waals surface area contributed by atoms with Gasteiger partial charge >= 0.3 is 0 Å². The van der Waals surface area contributed by atoms with Gasteiger partial charge in [-0.05, 0) is 42.3 Å². The molecule has 6 heteroatoms. The molecule has 0 aliphatic heterocycles. The summed E-state index contributed by atoms with van der Waals surface area (Å²) in [5.74, 6) is -0.211. The van der Waals surface area contributed by atoms with E-state index in [9.17, 15) is 4.79 Å². The lowest BCUT2D eigenvalue weighted by Crippen LogP contribution is -2.16. The molecule has 0 fully saturated rings. The van der Waals surface area contributed by atoms with Crippen LogP contribution in [-0.4, -0.2) is 10.9 Å². The zero-order valence-electron chi connectivity index (χ0n) is 13.4. The van der Waals surface area contributed by atoms with Crippen molar-refractivity contribution in [2.75, 3.05) is 11.1 Å². The van der Waals surface area contributed by atoms with E-state index in [2.05, 4.69) is 10.3 Å². The Labute approximate surface area is 155 Å². The lowest BCUT2D eigenvalue weighted by Gasteiger charge is -2.12. The summed E-state index contributed by atoms with van der Waals surface area (Å²) in [5, 5.41) is 3.92. The monoisotopic (exact) mass is 371 g/mol. The van der Waals surface area contributed by atoms with Crippen LogP contribution in [0.15, 0.2) is 54.7 Å². The number of nitrogen functional groups attached to an aromatic ring is 1. The van der Waals surface area contributed by atoms with E-state index >= 15 is 0 Å². The van der Waals surface area contributed by atoms with Crippen molar-refractivity contribution < 1.29 is 4.79 Å². The van der Waals surface area contributed by atoms with Crippen LogP contribution in [0.5, 0.6) is 0 Å². The van der Waals surface area contributed by atoms with E-state index < -0.39 is 0 Å². The van der Waals surface area contributed by atoms with E-state index in [4.69, 9.17) is 28.9 Å². The number of nitrogens with two attached hydrogens (primary N) is 1. The van der Waals surface area contributed by atoms with Gasteiger partial charge in [0.1, 0.15) is 5.82 Å². The molecule has 1 aromatic heterocycles. The zero-order chi connectivity index (χ0) is 18.0. The maximum absolute atomic E-state index is 12.7. The Balaban J connectivity index is 1.95. The Morgan fingerprint density at radius 3 is 2.48 bits per heavy atom. The highest BCUT2D eigenvalue weighted by atomic mass is 35.5. The van der Waals surface area contributed by atoms with Crippen molar-refractivity contribution in [3.05, 3.63) is 75.9 Å². The topological polar surface area (TPSA) is 68.0 Å². The average molecular weight is 372 g/mol. The quantitative estimate of drug-likeness (QED) is 0.664. The van der Waals surface area contributed by atoms with Gasteiger partial charge in [0.2, 0.25) is 0 Å². The minimum atomic E-state index is -0.364. The molecule has 0 aliphatic carbocycles. The molecule has 0 aliphatic rings. The molecule has 3 N–H and O–H groups in total. The molecule has 0 saturated heterocycles. The first-order valence-electron chi connectivity index (χ1n) is 7.53. The molecule has 0 unspecified atom stereocenters. The summed E-state index contributed by atoms with van der Waals surface area (Å²) in [5.41, 5.74) is 9.26. The number of hydrogen-bond donors (Lipinski definition) is 2. The second kappa shape index (κ2) is 7.13. The lowest BCUT2D eigenvalue weighted by atomic mass is 10.1. The number of carbonyl (C=O) groups is 1. The lowest BCUT2D eigenvalue weighted by molar-refractivity contribution is 0.102. The zero-order valence-corrected chi connectivity index (χ0v) is 14.9. The van der Waals surface area contributed by atoms with Crippen molar-refractivity contribution in [3.63, 3.8) is 0 Å². The fraction of sp³-hybridized carbons (Fsp3) is 0.0526. The van der Waals surface area contributed by atoms with Crippen molar-refractivity contribution in [2.45, 2.75) is 6.92 Å². The van der Waals surface area contributed by atoms with Gasteiger partial charge in [-0.15, -0.1) is 0 Å². The number of rotatable bonds is 3. The molecular weight excluding hydrogens is 357 g/mol. The third-order valence-corrected chi connectivity index (χ3v) is 4.37. The molecule has 3 rings (SSSR count). The number of aromatic nitrogens is 1. The summed E-state index contributed by atoms with van der Waals surface area (Å²) in [6, 6.07) is 14.4. The van der Waals surface area contributed by atoms with Crippen LogP contribution >= 0.6 is 23.2 Å². The summed E-state index contributed by atoms with van der Waals surface area (Å²) >= 11 is 12.1. The minimum absolute atomic E-state index is 0.153. The Hall–Kier alpha value is -2.56. The number of hydrogen-bond acceptors (Lipinski definition) is 3. The average Bonchev–Trinajstić information content (AvgIpc) is 2.59. The number of nitrogens with one attached hydrogen (secondary N) is 1. The first-order chi connectivity index (χ1) is 12.0. The molecule has 25 heavy (non-hydrogen) atoms. The second-order valence-corrected chi connectivity index (χ2v) is 6.39. The predicted octanol–water partition coefficient (Wildman–Crippen LogP) is 5.20. The summed E-state index contributed by atoms with van der Waals surface area (Å²) in [6.07, 6.45) is 1.62. The smallest absolute Gasteiger partial charge is 0.259 e. The Morgan fingerprint density at radius 1 is 1.08 bits per heavy atom. The molecule has 4 nitrogen and oxygen atoms in total. The molecule has 3 aromatic rings. The number of carbonyl (C=O) groups excluding carboxylic acids is 1. The van der Waals surface area contributed by atoms with Crippen LogP contribution in [0.2, 0.25) is 10.0 Å². The van der Waals surface area contributed by atoms with E-state index in [0.717, 1.165) is 16.7 Å². The van der Waals surface area contributed by atoms with Gasteiger partial charge < -0.3 is 11.1 Å². The summed E-state index contributed by atoms with van der Waals surface area (Å²) in [4.78, 5) is 16.8. The van der Waals surface area contributed by atoms with Gasteiger partial charge in [-0.25, -0.2) is 4.98 Å². The third kappa shape index (κ3) is 3.76. The SMILES string of the molecule is Cc1cccc(Cl)c1NC(=O)c1cc(-c2ccc(Cl)cc2)cnc1N. The van der Waals surface area contributed by atoms with E-state index in [1.54, 1.807) is 30.5 Å². The summed E-state index contributed by atoms with van der Waals surface area (Å²) in [7, 11) is 0. The molecular formula is C19H15Cl2N3O. The number of pyridine rings is 1. The molecule has 1 amide bonds. The fourth-order valence-corrected chi connectivity index (χ4v) is 2.82. The second-order valence-electron chi connectivity index (χ2n) is 5.55. The number of amides is 1. The molecule has 2 aromatic carbocycles. The van der Waals surface area contributed by atoms with E-state index in [0.29, 0.717) is 15.7 Å². The van der Waals surface area contributed by atoms with Gasteiger partial charge in [0.05, 0.1) is 16.3 Å². The van der Waals surface area contributed by atoms with Gasteiger partial charge in [0, 0.05) is 16.8 Å². The van der Waals surface area contributed by atoms with Crippen LogP contribution in [0.25, 0.3) is 11.1 Å². The first kappa shape index (κ1) is 17.3. The van der Waals surface area contributed by atoms with E-state index in [-0.39, 0.29) is 17.3 Å². The van der Waals surface area contributed by atoms with E-state index in [1.165, 1.54) is 0 Å². The molecule has 0 bridgehead atoms. The largest absolute Gasteiger partial charge is 0.383 e. The predicted molar refractivity (Wildman–Crippen MR) is 103 cm³/mol. The Bertz CT molecular complexity index is 920. The van der Waals surface area contributed by atoms with Crippen molar-refractivity contribution in [2.24, 2.45) is 0 Å². The van der Waals surface area contributed by atoms with Crippen LogP contribution in [0.3, 0.4) is 0 Å². The molecule has 0 saturated carbocycles. The Kier molecular flexibility index (Phi) is 4.93. The number of nitrogens with zero attached hydrogens (tertiary/aromatic N) is 1. The molecule has 1 heterocycles. The Morgan fingerprint density at radius 2 is 1.80 bits per heavy atom. The molecule has 0 radical (unpaired) electrons. The van der Waals surface area contributed by atoms with Gasteiger partial charge in [-0.3, -0.25) is 4.79 Å². The van der Waals surface area contributed by atoms with Crippen molar-refractivity contribution in [3.8, 4) is 11.1 Å². The minimum Gasteiger partial charge on any atom is -0.383 e. The highest BCUT2D eigenvalue weighted by Crippen LogP contribution is 2.28. The number of aryl methyl sites for hydroxylation is 1. The van der Waals surface area contributed by atoms with Gasteiger partial charge in [-0.2, -0.15) is 0 Å². The number of para-hydroxylation sites is 1. The number of benzene rings is 2. The summed E-state index contributed by atoms with van der Waals surface area (Å²) in [6.45, 7) is 1.87. The summed E-state index contributed by atoms with van der Waals surface area (Å²) < 4.78 is 0. The number of anilines is 2. The van der Waals surface area contributed by atoms with Crippen molar-refractivity contribution in [1.29, 1.82) is 0 Å². The first-order valence-corrected chi connectivity index (χ1v) is 8.29. The van der Waals surface area contributed by atoms with Gasteiger partial charge in [-0.1, -0.05) is 47.5 Å². The van der Waals surface area contributed by atoms with Crippen LogP contribution < -0.4 is 11.1 Å².